The molecule has 2 aromatic heterocycles. The standard InChI is InChI=1S/C30H41N3OS/c1-4-6-13-23(5-2)19-31-29(34)26-18-28(33(22(26)3)20-24-14-9-7-10-15-24)27-21-35-30(32-27)25-16-11-8-12-17-25/h8,11-12,16-18,21,23-24H,4-7,9-10,13-15,19-20H2,1-3H3,(H,31,34). The molecule has 5 heteroatoms. The second-order valence-electron chi connectivity index (χ2n) is 10.2. The first-order valence-corrected chi connectivity index (χ1v) is 14.5. The molecule has 1 N–H and O–H groups in total. The van der Waals surface area contributed by atoms with Gasteiger partial charge < -0.3 is 9.88 Å². The van der Waals surface area contributed by atoms with Crippen LogP contribution in [0.25, 0.3) is 22.0 Å². The van der Waals surface area contributed by atoms with Crippen molar-refractivity contribution in [1.82, 2.24) is 14.9 Å². The van der Waals surface area contributed by atoms with Gasteiger partial charge in [0.25, 0.3) is 5.91 Å². The van der Waals surface area contributed by atoms with Crippen molar-refractivity contribution in [3.8, 4) is 22.0 Å². The molecular weight excluding hydrogens is 450 g/mol. The number of unbranched alkanes of at least 4 members (excludes halogenated alkanes) is 1. The second-order valence-corrected chi connectivity index (χ2v) is 11.0. The molecule has 1 aliphatic carbocycles. The van der Waals surface area contributed by atoms with E-state index in [1.54, 1.807) is 11.3 Å². The van der Waals surface area contributed by atoms with Gasteiger partial charge in [-0.25, -0.2) is 4.98 Å². The van der Waals surface area contributed by atoms with Crippen molar-refractivity contribution in [2.45, 2.75) is 85.1 Å². The summed E-state index contributed by atoms with van der Waals surface area (Å²) in [6.07, 6.45) is 11.3. The van der Waals surface area contributed by atoms with Gasteiger partial charge in [-0.05, 0) is 44.1 Å². The van der Waals surface area contributed by atoms with E-state index in [4.69, 9.17) is 4.98 Å². The third kappa shape index (κ3) is 6.43. The smallest absolute Gasteiger partial charge is 0.253 e. The fourth-order valence-electron chi connectivity index (χ4n) is 5.33. The van der Waals surface area contributed by atoms with Gasteiger partial charge in [-0.2, -0.15) is 0 Å². The van der Waals surface area contributed by atoms with Gasteiger partial charge in [-0.1, -0.05) is 82.7 Å². The van der Waals surface area contributed by atoms with Crippen LogP contribution in [-0.2, 0) is 6.54 Å². The Labute approximate surface area is 215 Å². The molecule has 1 fully saturated rings. The third-order valence-electron chi connectivity index (χ3n) is 7.66. The van der Waals surface area contributed by atoms with Crippen LogP contribution in [-0.4, -0.2) is 22.0 Å². The Morgan fingerprint density at radius 1 is 1.17 bits per heavy atom. The van der Waals surface area contributed by atoms with Gasteiger partial charge in [0.1, 0.15) is 5.01 Å². The minimum atomic E-state index is 0.0552. The summed E-state index contributed by atoms with van der Waals surface area (Å²) < 4.78 is 2.38. The van der Waals surface area contributed by atoms with Crippen molar-refractivity contribution in [2.75, 3.05) is 6.54 Å². The van der Waals surface area contributed by atoms with E-state index in [9.17, 15) is 4.79 Å². The Bertz CT molecular complexity index is 1080. The topological polar surface area (TPSA) is 46.9 Å². The zero-order valence-corrected chi connectivity index (χ0v) is 22.5. The fourth-order valence-corrected chi connectivity index (χ4v) is 6.15. The summed E-state index contributed by atoms with van der Waals surface area (Å²) in [6, 6.07) is 12.4. The molecule has 1 atom stereocenters. The number of benzene rings is 1. The van der Waals surface area contributed by atoms with Gasteiger partial charge in [-0.3, -0.25) is 4.79 Å². The van der Waals surface area contributed by atoms with Crippen LogP contribution >= 0.6 is 11.3 Å². The molecule has 4 nitrogen and oxygen atoms in total. The van der Waals surface area contributed by atoms with Crippen molar-refractivity contribution < 1.29 is 4.79 Å². The van der Waals surface area contributed by atoms with Crippen LogP contribution < -0.4 is 5.32 Å². The van der Waals surface area contributed by atoms with E-state index in [0.717, 1.165) is 52.7 Å². The maximum Gasteiger partial charge on any atom is 0.253 e. The van der Waals surface area contributed by atoms with Crippen molar-refractivity contribution in [2.24, 2.45) is 11.8 Å². The molecule has 1 saturated carbocycles. The summed E-state index contributed by atoms with van der Waals surface area (Å²) in [5, 5.41) is 6.43. The molecule has 3 aromatic rings. The van der Waals surface area contributed by atoms with Crippen LogP contribution in [0, 0.1) is 18.8 Å². The van der Waals surface area contributed by atoms with Crippen molar-refractivity contribution in [1.29, 1.82) is 0 Å². The van der Waals surface area contributed by atoms with E-state index in [-0.39, 0.29) is 5.91 Å². The van der Waals surface area contributed by atoms with E-state index >= 15 is 0 Å². The molecule has 0 bridgehead atoms. The minimum Gasteiger partial charge on any atom is -0.352 e. The largest absolute Gasteiger partial charge is 0.352 e. The number of rotatable bonds is 11. The summed E-state index contributed by atoms with van der Waals surface area (Å²) in [7, 11) is 0. The summed E-state index contributed by atoms with van der Waals surface area (Å²) in [5.41, 5.74) is 5.06. The molecule has 0 saturated heterocycles. The van der Waals surface area contributed by atoms with E-state index in [0.29, 0.717) is 11.8 Å². The van der Waals surface area contributed by atoms with E-state index in [2.05, 4.69) is 66.4 Å². The van der Waals surface area contributed by atoms with Crippen LogP contribution in [0.5, 0.6) is 0 Å². The molecule has 1 unspecified atom stereocenters. The summed E-state index contributed by atoms with van der Waals surface area (Å²) >= 11 is 1.68. The molecule has 1 amide bonds. The quantitative estimate of drug-likeness (QED) is 0.294. The highest BCUT2D eigenvalue weighted by Crippen LogP contribution is 2.34. The number of hydrogen-bond donors (Lipinski definition) is 1. The Morgan fingerprint density at radius 2 is 1.94 bits per heavy atom. The Balaban J connectivity index is 1.60. The first-order valence-electron chi connectivity index (χ1n) is 13.6. The van der Waals surface area contributed by atoms with Gasteiger partial charge in [-0.15, -0.1) is 11.3 Å². The van der Waals surface area contributed by atoms with Crippen LogP contribution in [0.3, 0.4) is 0 Å². The Hall–Kier alpha value is -2.40. The minimum absolute atomic E-state index is 0.0552. The highest BCUT2D eigenvalue weighted by Gasteiger charge is 2.23. The van der Waals surface area contributed by atoms with E-state index < -0.39 is 0 Å². The molecule has 4 rings (SSSR count). The molecule has 1 aromatic carbocycles. The molecule has 188 valence electrons. The normalized spacial score (nSPS) is 15.3. The van der Waals surface area contributed by atoms with Crippen molar-refractivity contribution >= 4 is 17.2 Å². The predicted octanol–water partition coefficient (Wildman–Crippen LogP) is 8.11. The Morgan fingerprint density at radius 3 is 2.66 bits per heavy atom. The SMILES string of the molecule is CCCCC(CC)CNC(=O)c1cc(-c2csc(-c3ccccc3)n2)n(CC2CCCCC2)c1C. The van der Waals surface area contributed by atoms with Gasteiger partial charge in [0.15, 0.2) is 0 Å². The Kier molecular flexibility index (Phi) is 9.19. The lowest BCUT2D eigenvalue weighted by Gasteiger charge is -2.24. The summed E-state index contributed by atoms with van der Waals surface area (Å²) in [5.74, 6) is 1.28. The highest BCUT2D eigenvalue weighted by atomic mass is 32.1. The summed E-state index contributed by atoms with van der Waals surface area (Å²) in [6.45, 7) is 8.30. The third-order valence-corrected chi connectivity index (χ3v) is 8.55. The van der Waals surface area contributed by atoms with Crippen LogP contribution in [0.4, 0.5) is 0 Å². The zero-order valence-electron chi connectivity index (χ0n) is 21.7. The lowest BCUT2D eigenvalue weighted by atomic mass is 9.89. The number of carbonyl (C=O) groups excluding carboxylic acids is 1. The number of carbonyl (C=O) groups is 1. The predicted molar refractivity (Wildman–Crippen MR) is 148 cm³/mol. The van der Waals surface area contributed by atoms with Gasteiger partial charge >= 0.3 is 0 Å². The molecule has 0 aliphatic heterocycles. The van der Waals surface area contributed by atoms with Gasteiger partial charge in [0.05, 0.1) is 17.0 Å². The summed E-state index contributed by atoms with van der Waals surface area (Å²) in [4.78, 5) is 18.3. The fraction of sp³-hybridized carbons (Fsp3) is 0.533. The van der Waals surface area contributed by atoms with Crippen LogP contribution in [0.15, 0.2) is 41.8 Å². The van der Waals surface area contributed by atoms with Gasteiger partial charge in [0.2, 0.25) is 0 Å². The second kappa shape index (κ2) is 12.5. The van der Waals surface area contributed by atoms with Crippen molar-refractivity contribution in [3.05, 3.63) is 53.0 Å². The van der Waals surface area contributed by atoms with Crippen molar-refractivity contribution in [3.63, 3.8) is 0 Å². The molecule has 0 radical (unpaired) electrons. The molecule has 0 spiro atoms. The average molecular weight is 492 g/mol. The number of thiazole rings is 1. The van der Waals surface area contributed by atoms with E-state index in [1.165, 1.54) is 51.4 Å². The van der Waals surface area contributed by atoms with E-state index in [1.807, 2.05) is 6.07 Å². The zero-order chi connectivity index (χ0) is 24.6. The lowest BCUT2D eigenvalue weighted by Crippen LogP contribution is -2.29. The molecule has 35 heavy (non-hydrogen) atoms. The molecular formula is C30H41N3OS. The number of hydrogen-bond acceptors (Lipinski definition) is 3. The van der Waals surface area contributed by atoms with Crippen LogP contribution in [0.2, 0.25) is 0 Å². The molecule has 2 heterocycles. The first kappa shape index (κ1) is 25.7. The lowest BCUT2D eigenvalue weighted by molar-refractivity contribution is 0.0945. The number of amides is 1. The number of aromatic nitrogens is 2. The average Bonchev–Trinajstić information content (AvgIpc) is 3.51. The van der Waals surface area contributed by atoms with Gasteiger partial charge in [0, 0.05) is 29.7 Å². The first-order chi connectivity index (χ1) is 17.1. The molecule has 1 aliphatic rings. The number of nitrogens with zero attached hydrogens (tertiary/aromatic N) is 2. The monoisotopic (exact) mass is 491 g/mol. The maximum absolute atomic E-state index is 13.3. The van der Waals surface area contributed by atoms with Crippen LogP contribution in [0.1, 0.15) is 87.7 Å². The maximum atomic E-state index is 13.3. The highest BCUT2D eigenvalue weighted by molar-refractivity contribution is 7.13. The number of nitrogens with one attached hydrogen (secondary N) is 1.